The predicted octanol–water partition coefficient (Wildman–Crippen LogP) is 0.446. The number of hydrogen-bond acceptors (Lipinski definition) is 3. The van der Waals surface area contributed by atoms with Crippen LogP contribution in [0, 0.1) is 0 Å². The smallest absolute Gasteiger partial charge is 0.303 e. The van der Waals surface area contributed by atoms with Crippen molar-refractivity contribution in [3.63, 3.8) is 0 Å². The third-order valence-electron chi connectivity index (χ3n) is 1.69. The lowest BCUT2D eigenvalue weighted by Gasteiger charge is -1.95. The molecule has 5 heteroatoms. The Labute approximate surface area is 75.9 Å². The highest BCUT2D eigenvalue weighted by Gasteiger charge is 2.06. The highest BCUT2D eigenvalue weighted by molar-refractivity contribution is 5.66. The van der Waals surface area contributed by atoms with Crippen molar-refractivity contribution in [1.82, 2.24) is 9.78 Å². The maximum atomic E-state index is 10.3. The minimum atomic E-state index is -0.815. The zero-order chi connectivity index (χ0) is 9.84. The van der Waals surface area contributed by atoms with Gasteiger partial charge in [-0.3, -0.25) is 4.79 Å². The molecule has 1 aromatic rings. The van der Waals surface area contributed by atoms with Crippen molar-refractivity contribution in [1.29, 1.82) is 0 Å². The van der Waals surface area contributed by atoms with Gasteiger partial charge in [0, 0.05) is 19.5 Å². The van der Waals surface area contributed by atoms with Gasteiger partial charge in [-0.05, 0) is 0 Å². The molecule has 0 spiro atoms. The van der Waals surface area contributed by atoms with Crippen LogP contribution in [0.5, 0.6) is 5.88 Å². The lowest BCUT2D eigenvalue weighted by atomic mass is 10.2. The summed E-state index contributed by atoms with van der Waals surface area (Å²) in [5.74, 6) is -0.176. The maximum absolute atomic E-state index is 10.3. The average molecular weight is 184 g/mol. The fraction of sp³-hybridized carbons (Fsp3) is 0.500. The van der Waals surface area contributed by atoms with Crippen LogP contribution in [0.1, 0.15) is 12.1 Å². The van der Waals surface area contributed by atoms with Crippen molar-refractivity contribution in [2.45, 2.75) is 12.8 Å². The van der Waals surface area contributed by atoms with E-state index in [1.54, 1.807) is 24.9 Å². The third kappa shape index (κ3) is 2.47. The van der Waals surface area contributed by atoms with Crippen LogP contribution in [0.3, 0.4) is 0 Å². The highest BCUT2D eigenvalue weighted by atomic mass is 16.5. The van der Waals surface area contributed by atoms with Crippen LogP contribution in [0.25, 0.3) is 0 Å². The van der Waals surface area contributed by atoms with Crippen LogP contribution in [0.15, 0.2) is 6.07 Å². The Hall–Kier alpha value is -1.52. The van der Waals surface area contributed by atoms with Crippen molar-refractivity contribution < 1.29 is 14.6 Å². The summed E-state index contributed by atoms with van der Waals surface area (Å²) in [4.78, 5) is 10.3. The third-order valence-corrected chi connectivity index (χ3v) is 1.69. The normalized spacial score (nSPS) is 10.0. The van der Waals surface area contributed by atoms with Gasteiger partial charge in [-0.2, -0.15) is 5.10 Å². The summed E-state index contributed by atoms with van der Waals surface area (Å²) in [6, 6.07) is 1.74. The quantitative estimate of drug-likeness (QED) is 0.737. The molecule has 0 aliphatic carbocycles. The molecule has 0 aromatic carbocycles. The number of carbonyl (C=O) groups is 1. The van der Waals surface area contributed by atoms with Crippen molar-refractivity contribution >= 4 is 5.97 Å². The molecule has 1 rings (SSSR count). The molecule has 0 aliphatic rings. The first-order valence-corrected chi connectivity index (χ1v) is 3.92. The van der Waals surface area contributed by atoms with Gasteiger partial charge in [-0.15, -0.1) is 0 Å². The molecule has 0 saturated carbocycles. The Kier molecular flexibility index (Phi) is 2.89. The fourth-order valence-electron chi connectivity index (χ4n) is 1.05. The number of aryl methyl sites for hydroxylation is 2. The first kappa shape index (κ1) is 9.57. The van der Waals surface area contributed by atoms with Crippen LogP contribution in [0.4, 0.5) is 0 Å². The summed E-state index contributed by atoms with van der Waals surface area (Å²) in [5.41, 5.74) is 0.738. The molecule has 0 fully saturated rings. The summed E-state index contributed by atoms with van der Waals surface area (Å²) in [5, 5.41) is 12.5. The second kappa shape index (κ2) is 3.93. The standard InChI is InChI=1S/C8H12N2O3/c1-10-7(13-2)5-6(9-10)3-4-8(11)12/h5H,3-4H2,1-2H3,(H,11,12). The largest absolute Gasteiger partial charge is 0.481 e. The number of carboxylic acids is 1. The highest BCUT2D eigenvalue weighted by Crippen LogP contribution is 2.12. The van der Waals surface area contributed by atoms with Crippen molar-refractivity contribution in [3.05, 3.63) is 11.8 Å². The average Bonchev–Trinajstić information content (AvgIpc) is 2.43. The molecule has 72 valence electrons. The van der Waals surface area contributed by atoms with Gasteiger partial charge in [0.05, 0.1) is 19.2 Å². The lowest BCUT2D eigenvalue weighted by molar-refractivity contribution is -0.136. The van der Waals surface area contributed by atoms with Crippen LogP contribution >= 0.6 is 0 Å². The fourth-order valence-corrected chi connectivity index (χ4v) is 1.05. The second-order valence-corrected chi connectivity index (χ2v) is 2.70. The van der Waals surface area contributed by atoms with E-state index in [0.29, 0.717) is 12.3 Å². The van der Waals surface area contributed by atoms with Crippen LogP contribution < -0.4 is 4.74 Å². The molecule has 1 heterocycles. The number of ether oxygens (including phenoxy) is 1. The molecule has 0 atom stereocenters. The van der Waals surface area contributed by atoms with E-state index in [4.69, 9.17) is 9.84 Å². The van der Waals surface area contributed by atoms with Gasteiger partial charge < -0.3 is 9.84 Å². The molecular formula is C8H12N2O3. The number of hydrogen-bond donors (Lipinski definition) is 1. The number of carboxylic acid groups (broad SMARTS) is 1. The summed E-state index contributed by atoms with van der Waals surface area (Å²) >= 11 is 0. The first-order chi connectivity index (χ1) is 6.13. The van der Waals surface area contributed by atoms with Crippen LogP contribution in [0.2, 0.25) is 0 Å². The summed E-state index contributed by atoms with van der Waals surface area (Å²) in [7, 11) is 3.31. The zero-order valence-electron chi connectivity index (χ0n) is 7.65. The summed E-state index contributed by atoms with van der Waals surface area (Å²) < 4.78 is 6.57. The van der Waals surface area contributed by atoms with Gasteiger partial charge in [-0.1, -0.05) is 0 Å². The van der Waals surface area contributed by atoms with Crippen molar-refractivity contribution in [2.75, 3.05) is 7.11 Å². The van der Waals surface area contributed by atoms with Gasteiger partial charge in [0.15, 0.2) is 0 Å². The molecule has 5 nitrogen and oxygen atoms in total. The Morgan fingerprint density at radius 2 is 2.46 bits per heavy atom. The second-order valence-electron chi connectivity index (χ2n) is 2.70. The Bertz CT molecular complexity index is 306. The van der Waals surface area contributed by atoms with Crippen molar-refractivity contribution in [2.24, 2.45) is 7.05 Å². The van der Waals surface area contributed by atoms with Crippen LogP contribution in [-0.2, 0) is 18.3 Å². The van der Waals surface area contributed by atoms with Crippen LogP contribution in [-0.4, -0.2) is 28.0 Å². The molecule has 0 saturated heterocycles. The van der Waals surface area contributed by atoms with E-state index in [-0.39, 0.29) is 6.42 Å². The predicted molar refractivity (Wildman–Crippen MR) is 45.7 cm³/mol. The molecule has 0 amide bonds. The SMILES string of the molecule is COc1cc(CCC(=O)O)nn1C. The molecular weight excluding hydrogens is 172 g/mol. The number of aliphatic carboxylic acids is 1. The molecule has 13 heavy (non-hydrogen) atoms. The summed E-state index contributed by atoms with van der Waals surface area (Å²) in [6.45, 7) is 0. The zero-order valence-corrected chi connectivity index (χ0v) is 7.65. The topological polar surface area (TPSA) is 64.3 Å². The number of aromatic nitrogens is 2. The van der Waals surface area contributed by atoms with E-state index in [1.165, 1.54) is 0 Å². The number of methoxy groups -OCH3 is 1. The molecule has 0 unspecified atom stereocenters. The number of nitrogens with zero attached hydrogens (tertiary/aromatic N) is 2. The molecule has 0 radical (unpaired) electrons. The number of rotatable bonds is 4. The summed E-state index contributed by atoms with van der Waals surface area (Å²) in [6.07, 6.45) is 0.534. The van der Waals surface area contributed by atoms with E-state index in [9.17, 15) is 4.79 Å². The Morgan fingerprint density at radius 3 is 2.92 bits per heavy atom. The van der Waals surface area contributed by atoms with Gasteiger partial charge in [0.1, 0.15) is 0 Å². The first-order valence-electron chi connectivity index (χ1n) is 3.92. The maximum Gasteiger partial charge on any atom is 0.303 e. The minimum Gasteiger partial charge on any atom is -0.481 e. The molecule has 0 bridgehead atoms. The van der Waals surface area contributed by atoms with Gasteiger partial charge >= 0.3 is 5.97 Å². The molecule has 0 aliphatic heterocycles. The van der Waals surface area contributed by atoms with E-state index in [0.717, 1.165) is 5.69 Å². The van der Waals surface area contributed by atoms with E-state index in [2.05, 4.69) is 5.10 Å². The van der Waals surface area contributed by atoms with Gasteiger partial charge in [0.2, 0.25) is 5.88 Å². The van der Waals surface area contributed by atoms with E-state index < -0.39 is 5.97 Å². The lowest BCUT2D eigenvalue weighted by Crippen LogP contribution is -1.99. The minimum absolute atomic E-state index is 0.0974. The van der Waals surface area contributed by atoms with E-state index >= 15 is 0 Å². The van der Waals surface area contributed by atoms with Gasteiger partial charge in [-0.25, -0.2) is 4.68 Å². The van der Waals surface area contributed by atoms with Gasteiger partial charge in [0.25, 0.3) is 0 Å². The van der Waals surface area contributed by atoms with Crippen molar-refractivity contribution in [3.8, 4) is 5.88 Å². The Morgan fingerprint density at radius 1 is 1.77 bits per heavy atom. The molecule has 1 N–H and O–H groups in total. The molecule has 1 aromatic heterocycles. The monoisotopic (exact) mass is 184 g/mol. The Balaban J connectivity index is 2.62. The van der Waals surface area contributed by atoms with E-state index in [1.807, 2.05) is 0 Å².